The van der Waals surface area contributed by atoms with E-state index in [0.717, 1.165) is 0 Å². The molecule has 0 unspecified atom stereocenters. The van der Waals surface area contributed by atoms with Gasteiger partial charge in [-0.15, -0.1) is 0 Å². The van der Waals surface area contributed by atoms with Crippen LogP contribution in [0.1, 0.15) is 76.6 Å². The average Bonchev–Trinajstić information content (AvgIpc) is 3.35. The van der Waals surface area contributed by atoms with E-state index in [0.29, 0.717) is 24.2 Å². The van der Waals surface area contributed by atoms with Crippen LogP contribution in [0.25, 0.3) is 21.6 Å². The molecule has 0 aliphatic carbocycles. The lowest BCUT2D eigenvalue weighted by molar-refractivity contribution is -0.387. The first-order chi connectivity index (χ1) is 34.5. The van der Waals surface area contributed by atoms with Crippen molar-refractivity contribution in [1.29, 1.82) is 0 Å². The second-order valence-corrected chi connectivity index (χ2v) is 15.0. The van der Waals surface area contributed by atoms with Gasteiger partial charge in [0, 0.05) is 61.9 Å². The molecule has 0 aliphatic heterocycles. The Balaban J connectivity index is 1.12. The number of fused-ring (bicyclic) bond motifs is 1. The molecule has 28 nitrogen and oxygen atoms in total. The van der Waals surface area contributed by atoms with Crippen molar-refractivity contribution in [3.8, 4) is 0 Å². The molecule has 5 rings (SSSR count). The number of hydrogen-bond acceptors (Lipinski definition) is 19. The van der Waals surface area contributed by atoms with Crippen molar-refractivity contribution in [2.75, 3.05) is 66.3 Å². The molecule has 0 saturated carbocycles. The highest BCUT2D eigenvalue weighted by atomic mass is 19.2. The van der Waals surface area contributed by atoms with Gasteiger partial charge in [-0.25, -0.2) is 33.5 Å². The number of H-pyrrole nitrogens is 1. The van der Waals surface area contributed by atoms with Gasteiger partial charge in [-0.3, -0.25) is 39.1 Å². The van der Waals surface area contributed by atoms with Crippen LogP contribution in [0.2, 0.25) is 0 Å². The molecule has 3 aromatic heterocycles. The number of nitrogen functional groups attached to an aromatic ring is 1. The molecule has 72 heavy (non-hydrogen) atoms. The van der Waals surface area contributed by atoms with Gasteiger partial charge in [-0.05, 0) is 49.1 Å². The SMILES string of the molecule is CCCNc1nc(C(=O)NCCNc2c(F)c(N=[N+]=[N-])c(F)c(F)c2[N+](=O)[O-])c(NCCC)nc1C(=O)NCCNC(=O)CC[C@H](NC(=O)c1ccc(NCc2cnc3nc(N)[nH]c(=O)c3n2)cc1)C(=O)O. The summed E-state index contributed by atoms with van der Waals surface area (Å²) in [5.74, 6) is -10.6. The third-order valence-electron chi connectivity index (χ3n) is 9.83. The summed E-state index contributed by atoms with van der Waals surface area (Å²) in [5.41, 5.74) is 10.1. The number of nitrogens with two attached hydrogens (primary N) is 1. The number of nitrogens with zero attached hydrogens (tertiary/aromatic N) is 9. The van der Waals surface area contributed by atoms with E-state index in [2.05, 4.69) is 82.5 Å². The second kappa shape index (κ2) is 25.3. The van der Waals surface area contributed by atoms with Crippen molar-refractivity contribution in [1.82, 2.24) is 51.2 Å². The van der Waals surface area contributed by atoms with Crippen LogP contribution in [0.3, 0.4) is 0 Å². The van der Waals surface area contributed by atoms with E-state index in [1.54, 1.807) is 12.1 Å². The van der Waals surface area contributed by atoms with Gasteiger partial charge in [-0.1, -0.05) is 19.0 Å². The third-order valence-corrected chi connectivity index (χ3v) is 9.83. The smallest absolute Gasteiger partial charge is 0.333 e. The summed E-state index contributed by atoms with van der Waals surface area (Å²) in [6.07, 6.45) is 1.92. The quantitative estimate of drug-likeness (QED) is 0.00721. The number of anilines is 5. The number of nitro groups is 1. The van der Waals surface area contributed by atoms with E-state index in [1.165, 1.54) is 18.3 Å². The minimum atomic E-state index is -2.08. The number of carboxylic acid groups (broad SMARTS) is 1. The van der Waals surface area contributed by atoms with Gasteiger partial charge < -0.3 is 53.4 Å². The van der Waals surface area contributed by atoms with E-state index in [-0.39, 0.29) is 91.3 Å². The van der Waals surface area contributed by atoms with Crippen LogP contribution in [-0.4, -0.2) is 115 Å². The first-order valence-corrected chi connectivity index (χ1v) is 21.7. The number of aliphatic carboxylic acids is 1. The molecule has 31 heteroatoms. The molecule has 3 heterocycles. The maximum atomic E-state index is 14.9. The zero-order valence-electron chi connectivity index (χ0n) is 38.2. The summed E-state index contributed by atoms with van der Waals surface area (Å²) in [6, 6.07) is 4.59. The number of halogens is 3. The second-order valence-electron chi connectivity index (χ2n) is 15.0. The fourth-order valence-corrected chi connectivity index (χ4v) is 6.35. The normalized spacial score (nSPS) is 11.1. The minimum Gasteiger partial charge on any atom is -0.480 e. The zero-order chi connectivity index (χ0) is 52.5. The molecule has 0 aliphatic rings. The first-order valence-electron chi connectivity index (χ1n) is 21.7. The van der Waals surface area contributed by atoms with Crippen LogP contribution in [-0.2, 0) is 16.1 Å². The van der Waals surface area contributed by atoms with Gasteiger partial charge in [0.25, 0.3) is 23.3 Å². The largest absolute Gasteiger partial charge is 0.480 e. The molecular formula is C41H46F3N19O9. The Kier molecular flexibility index (Phi) is 18.8. The summed E-state index contributed by atoms with van der Waals surface area (Å²) >= 11 is 0. The maximum Gasteiger partial charge on any atom is 0.333 e. The number of azide groups is 1. The Morgan fingerprint density at radius 2 is 1.44 bits per heavy atom. The highest BCUT2D eigenvalue weighted by molar-refractivity contribution is 6.01. The highest BCUT2D eigenvalue weighted by Gasteiger charge is 2.32. The van der Waals surface area contributed by atoms with E-state index in [4.69, 9.17) is 11.3 Å². The van der Waals surface area contributed by atoms with Crippen LogP contribution in [0.4, 0.5) is 53.5 Å². The van der Waals surface area contributed by atoms with E-state index in [1.807, 2.05) is 13.8 Å². The van der Waals surface area contributed by atoms with Crippen LogP contribution in [0.15, 0.2) is 40.4 Å². The predicted molar refractivity (Wildman–Crippen MR) is 252 cm³/mol. The van der Waals surface area contributed by atoms with Crippen LogP contribution < -0.4 is 53.8 Å². The molecule has 0 radical (unpaired) electrons. The zero-order valence-corrected chi connectivity index (χ0v) is 38.2. The van der Waals surface area contributed by atoms with Gasteiger partial charge in [0.05, 0.1) is 23.4 Å². The highest BCUT2D eigenvalue weighted by Crippen LogP contribution is 2.39. The van der Waals surface area contributed by atoms with Gasteiger partial charge in [0.15, 0.2) is 51.5 Å². The lowest BCUT2D eigenvalue weighted by Gasteiger charge is -2.17. The van der Waals surface area contributed by atoms with Gasteiger partial charge >= 0.3 is 11.7 Å². The summed E-state index contributed by atoms with van der Waals surface area (Å²) in [5, 5.41) is 45.0. The number of nitrogens with one attached hydrogen (secondary N) is 9. The minimum absolute atomic E-state index is 0.00585. The number of hydrogen-bond donors (Lipinski definition) is 11. The number of aromatic nitrogens is 6. The fraction of sp³-hybridized carbons (Fsp3) is 0.341. The molecule has 2 aromatic carbocycles. The third kappa shape index (κ3) is 13.9. The van der Waals surface area contributed by atoms with Gasteiger partial charge in [0.2, 0.25) is 17.7 Å². The Labute approximate surface area is 403 Å². The van der Waals surface area contributed by atoms with Gasteiger partial charge in [0.1, 0.15) is 11.7 Å². The lowest BCUT2D eigenvalue weighted by Crippen LogP contribution is -2.42. The number of nitro benzene ring substituents is 1. The molecule has 0 bridgehead atoms. The Morgan fingerprint density at radius 1 is 0.833 bits per heavy atom. The van der Waals surface area contributed by atoms with Crippen molar-refractivity contribution in [3.63, 3.8) is 0 Å². The Morgan fingerprint density at radius 3 is 2.03 bits per heavy atom. The van der Waals surface area contributed by atoms with E-state index in [9.17, 15) is 57.2 Å². The molecule has 4 amide bonds. The molecule has 0 spiro atoms. The number of carboxylic acids is 1. The standard InChI is InChI=1S/C41H46F3N19O9/c1-3-11-49-33-29(57-34(50-12-4-2)30(58-33)38(67)52-16-14-48-28-26(44)27(61-62-46)24(42)25(43)32(28)63(71)72)37(66)51-15-13-47-23(64)10-9-22(40(69)70)56-36(65)19-5-7-20(8-6-19)53-17-21-18-54-35-31(55-21)39(68)60-41(45)59-35/h5-8,18,22,48,53H,3-4,9-17H2,1-2H3,(H,47,64)(H,49,58)(H,50,57)(H,51,66)(H,52,67)(H,56,65)(H,69,70)(H3,45,54,59,60,68)/t22-/m0/s1. The molecule has 1 atom stereocenters. The fourth-order valence-electron chi connectivity index (χ4n) is 6.35. The number of aromatic amines is 1. The summed E-state index contributed by atoms with van der Waals surface area (Å²) in [6.45, 7) is 3.18. The maximum absolute atomic E-state index is 14.9. The van der Waals surface area contributed by atoms with Crippen LogP contribution in [0, 0.1) is 27.6 Å². The van der Waals surface area contributed by atoms with Crippen molar-refractivity contribution in [2.24, 2.45) is 5.11 Å². The molecule has 0 saturated heterocycles. The molecular weight excluding hydrogens is 960 g/mol. The van der Waals surface area contributed by atoms with Crippen LogP contribution >= 0.6 is 0 Å². The number of amides is 4. The van der Waals surface area contributed by atoms with Gasteiger partial charge in [-0.2, -0.15) is 9.37 Å². The monoisotopic (exact) mass is 1010 g/mol. The topological polar surface area (TPSA) is 417 Å². The van der Waals surface area contributed by atoms with E-state index < -0.39 is 93.7 Å². The van der Waals surface area contributed by atoms with Crippen LogP contribution in [0.5, 0.6) is 0 Å². The Hall–Kier alpha value is -9.41. The predicted octanol–water partition coefficient (Wildman–Crippen LogP) is 2.96. The Bertz CT molecular complexity index is 2980. The molecule has 380 valence electrons. The number of carbonyl (C=O) groups excluding carboxylic acids is 4. The molecule has 12 N–H and O–H groups in total. The van der Waals surface area contributed by atoms with Crippen molar-refractivity contribution in [2.45, 2.75) is 52.1 Å². The summed E-state index contributed by atoms with van der Waals surface area (Å²) in [4.78, 5) is 112. The lowest BCUT2D eigenvalue weighted by atomic mass is 10.1. The number of benzene rings is 2. The average molecular weight is 1010 g/mol. The van der Waals surface area contributed by atoms with Crippen molar-refractivity contribution < 1.29 is 47.2 Å². The van der Waals surface area contributed by atoms with Crippen molar-refractivity contribution in [3.05, 3.63) is 101 Å². The summed E-state index contributed by atoms with van der Waals surface area (Å²) < 4.78 is 43.6. The number of rotatable bonds is 26. The summed E-state index contributed by atoms with van der Waals surface area (Å²) in [7, 11) is 0. The molecule has 0 fully saturated rings. The molecule has 5 aromatic rings. The first kappa shape index (κ1) is 53.5. The van der Waals surface area contributed by atoms with E-state index >= 15 is 0 Å². The van der Waals surface area contributed by atoms with Crippen molar-refractivity contribution >= 4 is 81.1 Å². The number of carbonyl (C=O) groups is 5.